The van der Waals surface area contributed by atoms with Crippen molar-refractivity contribution < 1.29 is 4.79 Å². The van der Waals surface area contributed by atoms with Crippen LogP contribution in [0.4, 0.5) is 0 Å². The number of carbonyl (C=O) groups excluding carboxylic acids is 1. The number of rotatable bonds is 3. The van der Waals surface area contributed by atoms with Gasteiger partial charge in [-0.15, -0.1) is 0 Å². The molecule has 6 nitrogen and oxygen atoms in total. The van der Waals surface area contributed by atoms with Gasteiger partial charge in [0, 0.05) is 55.8 Å². The van der Waals surface area contributed by atoms with Crippen LogP contribution in [0.25, 0.3) is 0 Å². The van der Waals surface area contributed by atoms with Crippen molar-refractivity contribution in [1.82, 2.24) is 24.4 Å². The zero-order chi connectivity index (χ0) is 16.4. The van der Waals surface area contributed by atoms with Gasteiger partial charge in [0.25, 0.3) is 5.91 Å². The van der Waals surface area contributed by atoms with Gasteiger partial charge in [-0.1, -0.05) is 12.1 Å². The van der Waals surface area contributed by atoms with Crippen molar-refractivity contribution in [2.45, 2.75) is 19.5 Å². The molecule has 1 aromatic carbocycles. The molecule has 0 fully saturated rings. The second kappa shape index (κ2) is 6.23. The number of carbonyl (C=O) groups is 1. The molecule has 120 valence electrons. The van der Waals surface area contributed by atoms with Crippen molar-refractivity contribution in [2.24, 2.45) is 0 Å². The summed E-state index contributed by atoms with van der Waals surface area (Å²) in [6, 6.07) is 7.78. The molecule has 2 aromatic heterocycles. The summed E-state index contributed by atoms with van der Waals surface area (Å²) in [6.45, 7) is 2.02. The molecule has 3 aromatic rings. The van der Waals surface area contributed by atoms with Crippen molar-refractivity contribution in [2.75, 3.05) is 6.54 Å². The normalized spacial score (nSPS) is 13.6. The Hall–Kier alpha value is -3.02. The fourth-order valence-corrected chi connectivity index (χ4v) is 2.97. The summed E-state index contributed by atoms with van der Waals surface area (Å²) in [6.07, 6.45) is 9.61. The van der Waals surface area contributed by atoms with E-state index in [0.717, 1.165) is 29.8 Å². The minimum atomic E-state index is 0.0543. The lowest BCUT2D eigenvalue weighted by Crippen LogP contribution is -2.36. The molecule has 6 heteroatoms. The van der Waals surface area contributed by atoms with Crippen molar-refractivity contribution in [3.05, 3.63) is 77.9 Å². The van der Waals surface area contributed by atoms with E-state index in [4.69, 9.17) is 0 Å². The maximum Gasteiger partial charge on any atom is 0.254 e. The van der Waals surface area contributed by atoms with Crippen molar-refractivity contribution in [1.29, 1.82) is 0 Å². The summed E-state index contributed by atoms with van der Waals surface area (Å²) in [5.74, 6) is 0.0543. The van der Waals surface area contributed by atoms with Gasteiger partial charge in [-0.25, -0.2) is 15.0 Å². The van der Waals surface area contributed by atoms with Crippen LogP contribution in [-0.4, -0.2) is 36.9 Å². The fraction of sp³-hybridized carbons (Fsp3) is 0.222. The Morgan fingerprint density at radius 1 is 1.17 bits per heavy atom. The van der Waals surface area contributed by atoms with E-state index in [1.54, 1.807) is 25.0 Å². The zero-order valence-electron chi connectivity index (χ0n) is 13.2. The highest BCUT2D eigenvalue weighted by atomic mass is 16.2. The maximum atomic E-state index is 12.7. The molecule has 4 rings (SSSR count). The van der Waals surface area contributed by atoms with Gasteiger partial charge in [0.05, 0.1) is 12.0 Å². The van der Waals surface area contributed by atoms with E-state index in [-0.39, 0.29) is 5.91 Å². The number of hydrogen-bond acceptors (Lipinski definition) is 4. The van der Waals surface area contributed by atoms with Crippen LogP contribution in [0.3, 0.4) is 0 Å². The average molecular weight is 319 g/mol. The smallest absolute Gasteiger partial charge is 0.254 e. The monoisotopic (exact) mass is 319 g/mol. The summed E-state index contributed by atoms with van der Waals surface area (Å²) in [7, 11) is 0. The highest BCUT2D eigenvalue weighted by Crippen LogP contribution is 2.18. The molecule has 0 bridgehead atoms. The number of amides is 1. The molecule has 0 aliphatic carbocycles. The Bertz CT molecular complexity index is 842. The third-order valence-electron chi connectivity index (χ3n) is 4.27. The van der Waals surface area contributed by atoms with E-state index in [0.29, 0.717) is 18.7 Å². The number of aromatic nitrogens is 4. The second-order valence-corrected chi connectivity index (χ2v) is 5.90. The standard InChI is InChI=1S/C18H17N5O/c24-18(23-7-5-17-16(11-23)9-20-12-21-17)15-3-1-14(2-4-15)10-22-8-6-19-13-22/h1-4,6,8-9,12-13H,5,7,10-11H2. The number of benzene rings is 1. The van der Waals surface area contributed by atoms with Crippen molar-refractivity contribution in [3.8, 4) is 0 Å². The molecule has 1 aliphatic heterocycles. The molecule has 0 saturated heterocycles. The molecule has 0 saturated carbocycles. The molecule has 3 heterocycles. The predicted molar refractivity (Wildman–Crippen MR) is 88.2 cm³/mol. The molecule has 0 atom stereocenters. The lowest BCUT2D eigenvalue weighted by Gasteiger charge is -2.28. The molecule has 24 heavy (non-hydrogen) atoms. The number of hydrogen-bond donors (Lipinski definition) is 0. The van der Waals surface area contributed by atoms with Gasteiger partial charge in [-0.3, -0.25) is 4.79 Å². The van der Waals surface area contributed by atoms with Crippen LogP contribution in [0.1, 0.15) is 27.2 Å². The Labute approximate surface area is 139 Å². The predicted octanol–water partition coefficient (Wildman–Crippen LogP) is 1.92. The number of fused-ring (bicyclic) bond motifs is 1. The van der Waals surface area contributed by atoms with Crippen LogP contribution >= 0.6 is 0 Å². The molecule has 0 spiro atoms. The van der Waals surface area contributed by atoms with E-state index < -0.39 is 0 Å². The molecule has 0 unspecified atom stereocenters. The summed E-state index contributed by atoms with van der Waals surface area (Å²) in [5.41, 5.74) is 3.94. The van der Waals surface area contributed by atoms with Gasteiger partial charge in [0.1, 0.15) is 6.33 Å². The van der Waals surface area contributed by atoms with Crippen LogP contribution in [0, 0.1) is 0 Å². The van der Waals surface area contributed by atoms with E-state index in [9.17, 15) is 4.79 Å². The van der Waals surface area contributed by atoms with Crippen molar-refractivity contribution >= 4 is 5.91 Å². The first-order valence-electron chi connectivity index (χ1n) is 7.91. The molecule has 1 amide bonds. The minimum absolute atomic E-state index is 0.0543. The SMILES string of the molecule is O=C(c1ccc(Cn2ccnc2)cc1)N1CCc2ncncc2C1. The molecule has 0 N–H and O–H groups in total. The van der Waals surface area contributed by atoms with Gasteiger partial charge < -0.3 is 9.47 Å². The van der Waals surface area contributed by atoms with Crippen molar-refractivity contribution in [3.63, 3.8) is 0 Å². The minimum Gasteiger partial charge on any atom is -0.334 e. The quantitative estimate of drug-likeness (QED) is 0.740. The van der Waals surface area contributed by atoms with Crippen LogP contribution in [-0.2, 0) is 19.5 Å². The van der Waals surface area contributed by atoms with Crippen LogP contribution in [0.2, 0.25) is 0 Å². The second-order valence-electron chi connectivity index (χ2n) is 5.90. The van der Waals surface area contributed by atoms with Gasteiger partial charge in [0.15, 0.2) is 0 Å². The van der Waals surface area contributed by atoms with Gasteiger partial charge in [-0.2, -0.15) is 0 Å². The first-order valence-corrected chi connectivity index (χ1v) is 7.91. The maximum absolute atomic E-state index is 12.7. The lowest BCUT2D eigenvalue weighted by atomic mass is 10.1. The van der Waals surface area contributed by atoms with E-state index in [1.165, 1.54) is 0 Å². The van der Waals surface area contributed by atoms with Gasteiger partial charge in [-0.05, 0) is 17.7 Å². The van der Waals surface area contributed by atoms with Crippen LogP contribution < -0.4 is 0 Å². The summed E-state index contributed by atoms with van der Waals surface area (Å²) >= 11 is 0. The highest BCUT2D eigenvalue weighted by molar-refractivity contribution is 5.94. The largest absolute Gasteiger partial charge is 0.334 e. The summed E-state index contributed by atoms with van der Waals surface area (Å²) < 4.78 is 2.00. The Kier molecular flexibility index (Phi) is 3.78. The summed E-state index contributed by atoms with van der Waals surface area (Å²) in [5, 5.41) is 0. The Balaban J connectivity index is 1.47. The Morgan fingerprint density at radius 3 is 2.83 bits per heavy atom. The van der Waals surface area contributed by atoms with E-state index in [2.05, 4.69) is 15.0 Å². The van der Waals surface area contributed by atoms with E-state index in [1.807, 2.05) is 39.9 Å². The third kappa shape index (κ3) is 2.90. The van der Waals surface area contributed by atoms with E-state index >= 15 is 0 Å². The first kappa shape index (κ1) is 14.6. The molecular formula is C18H17N5O. The first-order chi connectivity index (χ1) is 11.8. The van der Waals surface area contributed by atoms with Crippen LogP contribution in [0.5, 0.6) is 0 Å². The zero-order valence-corrected chi connectivity index (χ0v) is 13.2. The number of nitrogens with zero attached hydrogens (tertiary/aromatic N) is 5. The summed E-state index contributed by atoms with van der Waals surface area (Å²) in [4.78, 5) is 26.9. The highest BCUT2D eigenvalue weighted by Gasteiger charge is 2.22. The number of imidazole rings is 1. The average Bonchev–Trinajstić information content (AvgIpc) is 3.14. The molecule has 0 radical (unpaired) electrons. The fourth-order valence-electron chi connectivity index (χ4n) is 2.97. The van der Waals surface area contributed by atoms with Crippen LogP contribution in [0.15, 0.2) is 55.5 Å². The molecular weight excluding hydrogens is 302 g/mol. The Morgan fingerprint density at radius 2 is 2.04 bits per heavy atom. The van der Waals surface area contributed by atoms with Gasteiger partial charge >= 0.3 is 0 Å². The molecule has 1 aliphatic rings. The lowest BCUT2D eigenvalue weighted by molar-refractivity contribution is 0.0733. The third-order valence-corrected chi connectivity index (χ3v) is 4.27. The topological polar surface area (TPSA) is 63.9 Å². The van der Waals surface area contributed by atoms with Gasteiger partial charge in [0.2, 0.25) is 0 Å².